The number of rotatable bonds is 2. The molecule has 0 aliphatic rings. The lowest BCUT2D eigenvalue weighted by Gasteiger charge is -1.91. The Balaban J connectivity index is 2.63. The fourth-order valence-corrected chi connectivity index (χ4v) is 2.23. The molecular formula is C9H7NO3S. The summed E-state index contributed by atoms with van der Waals surface area (Å²) in [7, 11) is 0. The predicted octanol–water partition coefficient (Wildman–Crippen LogP) is 1.15. The highest BCUT2D eigenvalue weighted by molar-refractivity contribution is 7.13. The fourth-order valence-electron chi connectivity index (χ4n) is 1.24. The molecule has 1 aromatic carbocycles. The molecule has 0 aliphatic carbocycles. The van der Waals surface area contributed by atoms with E-state index in [-0.39, 0.29) is 12.1 Å². The summed E-state index contributed by atoms with van der Waals surface area (Å²) in [5.74, 6) is -1.00. The molecule has 2 aromatic rings. The molecular weight excluding hydrogens is 202 g/mol. The maximum Gasteiger partial charge on any atom is 0.324 e. The number of benzene rings is 1. The number of aliphatic carboxylic acids is 1. The molecule has 0 atom stereocenters. The summed E-state index contributed by atoms with van der Waals surface area (Å²) < 4.78 is 2.06. The molecule has 0 aliphatic heterocycles. The highest BCUT2D eigenvalue weighted by atomic mass is 32.1. The van der Waals surface area contributed by atoms with Crippen LogP contribution in [0.2, 0.25) is 0 Å². The van der Waals surface area contributed by atoms with Crippen molar-refractivity contribution in [3.05, 3.63) is 34.6 Å². The van der Waals surface area contributed by atoms with Crippen LogP contribution in [0.25, 0.3) is 10.1 Å². The van der Waals surface area contributed by atoms with Crippen molar-refractivity contribution in [1.29, 1.82) is 0 Å². The van der Waals surface area contributed by atoms with Gasteiger partial charge < -0.3 is 5.11 Å². The zero-order chi connectivity index (χ0) is 10.1. The number of aromatic nitrogens is 1. The van der Waals surface area contributed by atoms with E-state index in [4.69, 9.17) is 5.11 Å². The predicted molar refractivity (Wildman–Crippen MR) is 53.7 cm³/mol. The standard InChI is InChI=1S/C9H7NO3S/c11-8(12)5-10-9(13)6-3-1-2-4-7(6)14-10/h1-4H,5H2,(H,11,12). The smallest absolute Gasteiger partial charge is 0.324 e. The van der Waals surface area contributed by atoms with E-state index in [0.29, 0.717) is 5.39 Å². The summed E-state index contributed by atoms with van der Waals surface area (Å²) >= 11 is 1.18. The maximum absolute atomic E-state index is 11.6. The van der Waals surface area contributed by atoms with Crippen molar-refractivity contribution in [2.75, 3.05) is 0 Å². The molecule has 2 rings (SSSR count). The van der Waals surface area contributed by atoms with Crippen LogP contribution in [-0.2, 0) is 11.3 Å². The third-order valence-corrected chi connectivity index (χ3v) is 2.90. The van der Waals surface area contributed by atoms with E-state index in [0.717, 1.165) is 4.70 Å². The van der Waals surface area contributed by atoms with Gasteiger partial charge in [-0.3, -0.25) is 13.5 Å². The molecule has 0 amide bonds. The van der Waals surface area contributed by atoms with E-state index in [1.165, 1.54) is 15.5 Å². The minimum Gasteiger partial charge on any atom is -0.480 e. The van der Waals surface area contributed by atoms with Gasteiger partial charge in [0.25, 0.3) is 5.56 Å². The summed E-state index contributed by atoms with van der Waals surface area (Å²) in [6.07, 6.45) is 0. The summed E-state index contributed by atoms with van der Waals surface area (Å²) in [6, 6.07) is 7.09. The lowest BCUT2D eigenvalue weighted by Crippen LogP contribution is -2.18. The Kier molecular flexibility index (Phi) is 2.09. The van der Waals surface area contributed by atoms with E-state index in [9.17, 15) is 9.59 Å². The zero-order valence-electron chi connectivity index (χ0n) is 7.14. The molecule has 1 heterocycles. The molecule has 0 fully saturated rings. The van der Waals surface area contributed by atoms with Gasteiger partial charge in [0, 0.05) is 0 Å². The number of hydrogen-bond acceptors (Lipinski definition) is 3. The van der Waals surface area contributed by atoms with Crippen LogP contribution in [0.15, 0.2) is 29.1 Å². The van der Waals surface area contributed by atoms with E-state index >= 15 is 0 Å². The highest BCUT2D eigenvalue weighted by Gasteiger charge is 2.08. The topological polar surface area (TPSA) is 59.3 Å². The Morgan fingerprint density at radius 3 is 2.79 bits per heavy atom. The van der Waals surface area contributed by atoms with Gasteiger partial charge in [0.1, 0.15) is 6.54 Å². The molecule has 0 saturated carbocycles. The first-order valence-electron chi connectivity index (χ1n) is 3.99. The zero-order valence-corrected chi connectivity index (χ0v) is 7.95. The minimum atomic E-state index is -1.00. The Morgan fingerprint density at radius 2 is 2.14 bits per heavy atom. The van der Waals surface area contributed by atoms with Crippen molar-refractivity contribution in [1.82, 2.24) is 3.96 Å². The monoisotopic (exact) mass is 209 g/mol. The van der Waals surface area contributed by atoms with Gasteiger partial charge in [-0.2, -0.15) is 0 Å². The molecule has 0 spiro atoms. The van der Waals surface area contributed by atoms with Crippen molar-refractivity contribution >= 4 is 27.6 Å². The van der Waals surface area contributed by atoms with Crippen molar-refractivity contribution in [2.45, 2.75) is 6.54 Å². The molecule has 0 saturated heterocycles. The Morgan fingerprint density at radius 1 is 1.43 bits per heavy atom. The van der Waals surface area contributed by atoms with Gasteiger partial charge in [0.05, 0.1) is 10.1 Å². The van der Waals surface area contributed by atoms with Gasteiger partial charge in [-0.1, -0.05) is 23.7 Å². The SMILES string of the molecule is O=C(O)Cn1sc2ccccc2c1=O. The third kappa shape index (κ3) is 1.42. The lowest BCUT2D eigenvalue weighted by molar-refractivity contribution is -0.137. The molecule has 4 nitrogen and oxygen atoms in total. The first kappa shape index (κ1) is 8.96. The van der Waals surface area contributed by atoms with Crippen LogP contribution in [0.4, 0.5) is 0 Å². The van der Waals surface area contributed by atoms with E-state index in [1.54, 1.807) is 18.2 Å². The van der Waals surface area contributed by atoms with Gasteiger partial charge in [-0.15, -0.1) is 0 Å². The summed E-state index contributed by atoms with van der Waals surface area (Å²) in [5.41, 5.74) is -0.229. The fraction of sp³-hybridized carbons (Fsp3) is 0.111. The van der Waals surface area contributed by atoms with Gasteiger partial charge in [0.2, 0.25) is 0 Å². The number of nitrogens with zero attached hydrogens (tertiary/aromatic N) is 1. The number of carboxylic acid groups (broad SMARTS) is 1. The number of hydrogen-bond donors (Lipinski definition) is 1. The number of fused-ring (bicyclic) bond motifs is 1. The van der Waals surface area contributed by atoms with Crippen LogP contribution in [0.3, 0.4) is 0 Å². The van der Waals surface area contributed by atoms with E-state index in [2.05, 4.69) is 0 Å². The minimum absolute atomic E-state index is 0.229. The Bertz CT molecular complexity index is 540. The second-order valence-electron chi connectivity index (χ2n) is 2.82. The van der Waals surface area contributed by atoms with Crippen LogP contribution in [0.5, 0.6) is 0 Å². The first-order chi connectivity index (χ1) is 6.68. The molecule has 1 N–H and O–H groups in total. The highest BCUT2D eigenvalue weighted by Crippen LogP contribution is 2.15. The van der Waals surface area contributed by atoms with Crippen molar-refractivity contribution in [3.63, 3.8) is 0 Å². The van der Waals surface area contributed by atoms with E-state index in [1.807, 2.05) is 6.07 Å². The average Bonchev–Trinajstić information content (AvgIpc) is 2.44. The van der Waals surface area contributed by atoms with Gasteiger partial charge in [0.15, 0.2) is 0 Å². The quantitative estimate of drug-likeness (QED) is 0.807. The molecule has 1 aromatic heterocycles. The summed E-state index contributed by atoms with van der Waals surface area (Å²) in [5, 5.41) is 9.15. The molecule has 0 bridgehead atoms. The molecule has 0 radical (unpaired) electrons. The van der Waals surface area contributed by atoms with E-state index < -0.39 is 5.97 Å². The van der Waals surface area contributed by atoms with Crippen LogP contribution in [0.1, 0.15) is 0 Å². The molecule has 0 unspecified atom stereocenters. The maximum atomic E-state index is 11.6. The normalized spacial score (nSPS) is 10.6. The van der Waals surface area contributed by atoms with Crippen LogP contribution >= 0.6 is 11.5 Å². The Hall–Kier alpha value is -1.62. The van der Waals surface area contributed by atoms with Crippen molar-refractivity contribution < 1.29 is 9.90 Å². The van der Waals surface area contributed by atoms with Gasteiger partial charge in [-0.05, 0) is 12.1 Å². The average molecular weight is 209 g/mol. The summed E-state index contributed by atoms with van der Waals surface area (Å²) in [4.78, 5) is 22.0. The van der Waals surface area contributed by atoms with Crippen molar-refractivity contribution in [3.8, 4) is 0 Å². The Labute approximate surface area is 83.2 Å². The lowest BCUT2D eigenvalue weighted by atomic mass is 10.3. The summed E-state index contributed by atoms with van der Waals surface area (Å²) in [6.45, 7) is -0.266. The molecule has 5 heteroatoms. The van der Waals surface area contributed by atoms with Crippen LogP contribution in [-0.4, -0.2) is 15.0 Å². The second-order valence-corrected chi connectivity index (χ2v) is 3.89. The number of carbonyl (C=O) groups is 1. The first-order valence-corrected chi connectivity index (χ1v) is 4.76. The van der Waals surface area contributed by atoms with Gasteiger partial charge >= 0.3 is 5.97 Å². The number of carboxylic acids is 1. The van der Waals surface area contributed by atoms with Crippen LogP contribution < -0.4 is 5.56 Å². The third-order valence-electron chi connectivity index (χ3n) is 1.83. The van der Waals surface area contributed by atoms with Crippen molar-refractivity contribution in [2.24, 2.45) is 0 Å². The molecule has 14 heavy (non-hydrogen) atoms. The molecule has 72 valence electrons. The largest absolute Gasteiger partial charge is 0.480 e. The second kappa shape index (κ2) is 3.26. The van der Waals surface area contributed by atoms with Gasteiger partial charge in [-0.25, -0.2) is 0 Å². The van der Waals surface area contributed by atoms with Crippen LogP contribution in [0, 0.1) is 0 Å².